The van der Waals surface area contributed by atoms with Crippen LogP contribution in [0.25, 0.3) is 0 Å². The maximum atomic E-state index is 12.2. The molecule has 0 spiro atoms. The Labute approximate surface area is 129 Å². The lowest BCUT2D eigenvalue weighted by Crippen LogP contribution is -2.45. The number of likely N-dealkylation sites (tertiary alicyclic amines) is 1. The second kappa shape index (κ2) is 6.71. The van der Waals surface area contributed by atoms with Crippen molar-refractivity contribution in [3.8, 4) is 0 Å². The standard InChI is InChI=1S/C16H23NO3S/c1-10-6-7-17(9-15(10)19)16(20)5-4-14(18)13-8-11(2)21-12(13)3/h8,10,15,19H,4-7,9H2,1-3H3. The monoisotopic (exact) mass is 309 g/mol. The van der Waals surface area contributed by atoms with Crippen molar-refractivity contribution in [1.82, 2.24) is 4.90 Å². The Balaban J connectivity index is 1.87. The van der Waals surface area contributed by atoms with Crippen LogP contribution in [0.1, 0.15) is 46.3 Å². The van der Waals surface area contributed by atoms with Crippen molar-refractivity contribution in [3.05, 3.63) is 21.4 Å². The van der Waals surface area contributed by atoms with E-state index in [9.17, 15) is 14.7 Å². The van der Waals surface area contributed by atoms with Gasteiger partial charge in [-0.05, 0) is 32.3 Å². The molecule has 1 fully saturated rings. The maximum Gasteiger partial charge on any atom is 0.223 e. The largest absolute Gasteiger partial charge is 0.391 e. The van der Waals surface area contributed by atoms with E-state index in [0.29, 0.717) is 13.1 Å². The minimum Gasteiger partial charge on any atom is -0.391 e. The molecule has 0 aliphatic carbocycles. The van der Waals surface area contributed by atoms with Crippen LogP contribution in [-0.2, 0) is 4.79 Å². The molecule has 1 aliphatic heterocycles. The van der Waals surface area contributed by atoms with Gasteiger partial charge in [0.25, 0.3) is 0 Å². The predicted octanol–water partition coefficient (Wildman–Crippen LogP) is 2.56. The molecule has 0 aromatic carbocycles. The van der Waals surface area contributed by atoms with E-state index in [2.05, 4.69) is 0 Å². The first-order chi connectivity index (χ1) is 9.88. The minimum absolute atomic E-state index is 0.0288. The number of ketones is 1. The van der Waals surface area contributed by atoms with Gasteiger partial charge in [0, 0.05) is 41.2 Å². The highest BCUT2D eigenvalue weighted by Crippen LogP contribution is 2.23. The number of hydrogen-bond acceptors (Lipinski definition) is 4. The number of piperidine rings is 1. The van der Waals surface area contributed by atoms with Crippen LogP contribution < -0.4 is 0 Å². The summed E-state index contributed by atoms with van der Waals surface area (Å²) in [7, 11) is 0. The molecule has 2 rings (SSSR count). The number of amides is 1. The molecule has 0 saturated carbocycles. The van der Waals surface area contributed by atoms with Gasteiger partial charge in [0.15, 0.2) is 5.78 Å². The number of nitrogens with zero attached hydrogens (tertiary/aromatic N) is 1. The van der Waals surface area contributed by atoms with Crippen LogP contribution in [0.4, 0.5) is 0 Å². The van der Waals surface area contributed by atoms with Gasteiger partial charge in [-0.15, -0.1) is 11.3 Å². The number of Topliss-reactive ketones (excluding diaryl/α,β-unsaturated/α-hetero) is 1. The quantitative estimate of drug-likeness (QED) is 0.870. The van der Waals surface area contributed by atoms with E-state index >= 15 is 0 Å². The van der Waals surface area contributed by atoms with E-state index in [-0.39, 0.29) is 30.4 Å². The number of β-amino-alcohol motifs (C(OH)–C–C–N with tert-alkyl or cyclic N) is 1. The number of hydrogen-bond donors (Lipinski definition) is 1. The molecule has 1 amide bonds. The van der Waals surface area contributed by atoms with Crippen LogP contribution in [0.5, 0.6) is 0 Å². The Morgan fingerprint density at radius 2 is 2.10 bits per heavy atom. The highest BCUT2D eigenvalue weighted by atomic mass is 32.1. The first-order valence-corrected chi connectivity index (χ1v) is 8.26. The zero-order valence-electron chi connectivity index (χ0n) is 12.9. The van der Waals surface area contributed by atoms with Crippen LogP contribution in [0.3, 0.4) is 0 Å². The summed E-state index contributed by atoms with van der Waals surface area (Å²) < 4.78 is 0. The number of carbonyl (C=O) groups excluding carboxylic acids is 2. The van der Waals surface area contributed by atoms with Crippen LogP contribution in [0.15, 0.2) is 6.07 Å². The zero-order valence-corrected chi connectivity index (χ0v) is 13.7. The lowest BCUT2D eigenvalue weighted by molar-refractivity contribution is -0.135. The topological polar surface area (TPSA) is 57.6 Å². The minimum atomic E-state index is -0.444. The fourth-order valence-corrected chi connectivity index (χ4v) is 3.64. The third-order valence-electron chi connectivity index (χ3n) is 4.18. The van der Waals surface area contributed by atoms with Crippen molar-refractivity contribution in [3.63, 3.8) is 0 Å². The molecule has 21 heavy (non-hydrogen) atoms. The van der Waals surface area contributed by atoms with Gasteiger partial charge in [0.2, 0.25) is 5.91 Å². The van der Waals surface area contributed by atoms with Crippen molar-refractivity contribution in [2.45, 2.75) is 46.1 Å². The van der Waals surface area contributed by atoms with Crippen LogP contribution >= 0.6 is 11.3 Å². The molecule has 1 aliphatic rings. The molecule has 1 saturated heterocycles. The third-order valence-corrected chi connectivity index (χ3v) is 5.14. The van der Waals surface area contributed by atoms with Crippen molar-refractivity contribution >= 4 is 23.0 Å². The Morgan fingerprint density at radius 1 is 1.38 bits per heavy atom. The van der Waals surface area contributed by atoms with Gasteiger partial charge < -0.3 is 10.0 Å². The van der Waals surface area contributed by atoms with Crippen molar-refractivity contribution in [2.75, 3.05) is 13.1 Å². The Morgan fingerprint density at radius 3 is 2.67 bits per heavy atom. The molecule has 0 radical (unpaired) electrons. The van der Waals surface area contributed by atoms with Crippen molar-refractivity contribution < 1.29 is 14.7 Å². The van der Waals surface area contributed by atoms with Gasteiger partial charge in [-0.2, -0.15) is 0 Å². The number of carbonyl (C=O) groups is 2. The van der Waals surface area contributed by atoms with E-state index in [1.807, 2.05) is 26.8 Å². The molecule has 2 heterocycles. The van der Waals surface area contributed by atoms with E-state index < -0.39 is 6.10 Å². The molecule has 2 atom stereocenters. The smallest absolute Gasteiger partial charge is 0.223 e. The number of thiophene rings is 1. The van der Waals surface area contributed by atoms with E-state index in [0.717, 1.165) is 21.7 Å². The Hall–Kier alpha value is -1.20. The number of aliphatic hydroxyl groups is 1. The fraction of sp³-hybridized carbons (Fsp3) is 0.625. The summed E-state index contributed by atoms with van der Waals surface area (Å²) in [6.45, 7) is 7.00. The number of aliphatic hydroxyl groups excluding tert-OH is 1. The average Bonchev–Trinajstić information content (AvgIpc) is 2.77. The molecular formula is C16H23NO3S. The molecule has 1 aromatic heterocycles. The highest BCUT2D eigenvalue weighted by molar-refractivity contribution is 7.12. The van der Waals surface area contributed by atoms with Gasteiger partial charge in [0.1, 0.15) is 0 Å². The van der Waals surface area contributed by atoms with Gasteiger partial charge in [-0.25, -0.2) is 0 Å². The molecule has 2 unspecified atom stereocenters. The molecule has 5 heteroatoms. The summed E-state index contributed by atoms with van der Waals surface area (Å²) in [5, 5.41) is 9.83. The molecule has 116 valence electrons. The summed E-state index contributed by atoms with van der Waals surface area (Å²) in [6, 6.07) is 1.90. The second-order valence-corrected chi connectivity index (χ2v) is 7.38. The molecule has 4 nitrogen and oxygen atoms in total. The molecule has 1 N–H and O–H groups in total. The van der Waals surface area contributed by atoms with E-state index in [1.54, 1.807) is 16.2 Å². The normalized spacial score (nSPS) is 22.4. The SMILES string of the molecule is Cc1cc(C(=O)CCC(=O)N2CCC(C)C(O)C2)c(C)s1. The van der Waals surface area contributed by atoms with Crippen LogP contribution in [0, 0.1) is 19.8 Å². The highest BCUT2D eigenvalue weighted by Gasteiger charge is 2.27. The molecule has 0 bridgehead atoms. The van der Waals surface area contributed by atoms with Crippen LogP contribution in [-0.4, -0.2) is 40.9 Å². The average molecular weight is 309 g/mol. The van der Waals surface area contributed by atoms with E-state index in [1.165, 1.54) is 0 Å². The second-order valence-electron chi connectivity index (χ2n) is 5.92. The summed E-state index contributed by atoms with van der Waals surface area (Å²) in [4.78, 5) is 28.1. The van der Waals surface area contributed by atoms with Crippen molar-refractivity contribution in [1.29, 1.82) is 0 Å². The Bertz CT molecular complexity index is 538. The first-order valence-electron chi connectivity index (χ1n) is 7.44. The van der Waals surface area contributed by atoms with Gasteiger partial charge in [0.05, 0.1) is 6.10 Å². The zero-order chi connectivity index (χ0) is 15.6. The lowest BCUT2D eigenvalue weighted by Gasteiger charge is -2.34. The number of aryl methyl sites for hydroxylation is 2. The van der Waals surface area contributed by atoms with Gasteiger partial charge >= 0.3 is 0 Å². The van der Waals surface area contributed by atoms with E-state index in [4.69, 9.17) is 0 Å². The predicted molar refractivity (Wildman–Crippen MR) is 83.7 cm³/mol. The fourth-order valence-electron chi connectivity index (χ4n) is 2.70. The third kappa shape index (κ3) is 3.92. The van der Waals surface area contributed by atoms with Crippen LogP contribution in [0.2, 0.25) is 0 Å². The summed E-state index contributed by atoms with van der Waals surface area (Å²) in [6.07, 6.45) is 0.857. The molecular weight excluding hydrogens is 286 g/mol. The summed E-state index contributed by atoms with van der Waals surface area (Å²) in [5.74, 6) is 0.252. The summed E-state index contributed by atoms with van der Waals surface area (Å²) in [5.41, 5.74) is 0.748. The first kappa shape index (κ1) is 16.2. The maximum absolute atomic E-state index is 12.2. The van der Waals surface area contributed by atoms with Crippen molar-refractivity contribution in [2.24, 2.45) is 5.92 Å². The lowest BCUT2D eigenvalue weighted by atomic mass is 9.95. The van der Waals surface area contributed by atoms with Gasteiger partial charge in [-0.1, -0.05) is 6.92 Å². The molecule has 1 aromatic rings. The number of rotatable bonds is 4. The Kier molecular flexibility index (Phi) is 5.17. The van der Waals surface area contributed by atoms with Gasteiger partial charge in [-0.3, -0.25) is 9.59 Å². The summed E-state index contributed by atoms with van der Waals surface area (Å²) >= 11 is 1.61.